The van der Waals surface area contributed by atoms with Gasteiger partial charge in [-0.3, -0.25) is 4.79 Å². The van der Waals surface area contributed by atoms with E-state index in [1.807, 2.05) is 18.2 Å². The monoisotopic (exact) mass is 371 g/mol. The smallest absolute Gasteiger partial charge is 0.234 e. The molecule has 25 heavy (non-hydrogen) atoms. The number of carbonyl (C=O) groups excluding carboxylic acids is 1. The molecular formula is C16H13N5O2S2. The minimum atomic E-state index is -0.144. The third-order valence-electron chi connectivity index (χ3n) is 3.02. The quantitative estimate of drug-likeness (QED) is 0.614. The maximum atomic E-state index is 12.0. The van der Waals surface area contributed by atoms with Crippen molar-refractivity contribution < 1.29 is 9.21 Å². The fourth-order valence-corrected chi connectivity index (χ4v) is 3.42. The highest BCUT2D eigenvalue weighted by atomic mass is 32.2. The Morgan fingerprint density at radius 3 is 2.84 bits per heavy atom. The van der Waals surface area contributed by atoms with E-state index in [0.717, 1.165) is 5.76 Å². The molecule has 0 spiro atoms. The van der Waals surface area contributed by atoms with Crippen molar-refractivity contribution in [3.05, 3.63) is 54.0 Å². The maximum absolute atomic E-state index is 12.0. The second-order valence-corrected chi connectivity index (χ2v) is 7.03. The first kappa shape index (κ1) is 17.0. The van der Waals surface area contributed by atoms with Crippen molar-refractivity contribution in [3.63, 3.8) is 0 Å². The predicted molar refractivity (Wildman–Crippen MR) is 96.5 cm³/mol. The molecule has 3 rings (SSSR count). The number of anilines is 2. The van der Waals surface area contributed by atoms with Crippen LogP contribution in [-0.4, -0.2) is 21.9 Å². The van der Waals surface area contributed by atoms with Gasteiger partial charge < -0.3 is 15.1 Å². The molecule has 0 unspecified atom stereocenters. The van der Waals surface area contributed by atoms with Crippen LogP contribution in [0.25, 0.3) is 0 Å². The lowest BCUT2D eigenvalue weighted by Crippen LogP contribution is -2.13. The van der Waals surface area contributed by atoms with Gasteiger partial charge in [-0.15, -0.1) is 10.2 Å². The van der Waals surface area contributed by atoms with Crippen LogP contribution >= 0.6 is 23.1 Å². The lowest BCUT2D eigenvalue weighted by Gasteiger charge is -2.03. The summed E-state index contributed by atoms with van der Waals surface area (Å²) < 4.78 is 5.94. The standard InChI is InChI=1S/C16H13N5O2S2/c17-8-11-3-5-12(6-4-11)19-14(22)10-24-16-21-20-15(25-16)18-9-13-2-1-7-23-13/h1-7H,9-10H2,(H,18,20)(H,19,22). The number of nitriles is 1. The topological polar surface area (TPSA) is 104 Å². The molecule has 0 bridgehead atoms. The molecule has 2 aromatic heterocycles. The molecule has 3 aromatic rings. The van der Waals surface area contributed by atoms with E-state index in [1.54, 1.807) is 30.5 Å². The van der Waals surface area contributed by atoms with Gasteiger partial charge in [-0.05, 0) is 36.4 Å². The molecule has 1 amide bonds. The zero-order chi connectivity index (χ0) is 17.5. The molecule has 126 valence electrons. The third-order valence-corrected chi connectivity index (χ3v) is 5.04. The van der Waals surface area contributed by atoms with Gasteiger partial charge in [0.15, 0.2) is 4.34 Å². The molecule has 0 aliphatic carbocycles. The lowest BCUT2D eigenvalue weighted by atomic mass is 10.2. The summed E-state index contributed by atoms with van der Waals surface area (Å²) in [6, 6.07) is 12.4. The van der Waals surface area contributed by atoms with Crippen molar-refractivity contribution >= 4 is 39.8 Å². The summed E-state index contributed by atoms with van der Waals surface area (Å²) in [5.74, 6) is 0.897. The molecule has 0 aliphatic heterocycles. The van der Waals surface area contributed by atoms with Gasteiger partial charge in [0.25, 0.3) is 0 Å². The molecular weight excluding hydrogens is 358 g/mol. The van der Waals surface area contributed by atoms with E-state index in [2.05, 4.69) is 20.8 Å². The van der Waals surface area contributed by atoms with Crippen molar-refractivity contribution in [1.82, 2.24) is 10.2 Å². The number of nitrogens with zero attached hydrogens (tertiary/aromatic N) is 3. The van der Waals surface area contributed by atoms with Crippen molar-refractivity contribution in [2.45, 2.75) is 10.9 Å². The van der Waals surface area contributed by atoms with E-state index in [4.69, 9.17) is 9.68 Å². The van der Waals surface area contributed by atoms with Crippen LogP contribution in [-0.2, 0) is 11.3 Å². The number of hydrogen-bond donors (Lipinski definition) is 2. The number of amides is 1. The van der Waals surface area contributed by atoms with Gasteiger partial charge in [0.05, 0.1) is 30.2 Å². The van der Waals surface area contributed by atoms with Crippen LogP contribution < -0.4 is 10.6 Å². The normalized spacial score (nSPS) is 10.2. The first-order valence-corrected chi connectivity index (χ1v) is 9.06. The summed E-state index contributed by atoms with van der Waals surface area (Å²) in [7, 11) is 0. The highest BCUT2D eigenvalue weighted by Gasteiger charge is 2.09. The van der Waals surface area contributed by atoms with Gasteiger partial charge >= 0.3 is 0 Å². The van der Waals surface area contributed by atoms with E-state index in [9.17, 15) is 4.79 Å². The van der Waals surface area contributed by atoms with Crippen LogP contribution in [0.3, 0.4) is 0 Å². The zero-order valence-corrected chi connectivity index (χ0v) is 14.6. The van der Waals surface area contributed by atoms with Crippen LogP contribution in [0.2, 0.25) is 0 Å². The molecule has 0 saturated carbocycles. The predicted octanol–water partition coefficient (Wildman–Crippen LogP) is 3.35. The minimum absolute atomic E-state index is 0.144. The number of nitrogens with one attached hydrogen (secondary N) is 2. The first-order valence-electron chi connectivity index (χ1n) is 7.25. The van der Waals surface area contributed by atoms with Crippen molar-refractivity contribution in [3.8, 4) is 6.07 Å². The summed E-state index contributed by atoms with van der Waals surface area (Å²) in [5, 5.41) is 23.4. The van der Waals surface area contributed by atoms with Gasteiger partial charge in [-0.1, -0.05) is 23.1 Å². The summed E-state index contributed by atoms with van der Waals surface area (Å²) in [6.07, 6.45) is 1.62. The molecule has 0 radical (unpaired) electrons. The fraction of sp³-hybridized carbons (Fsp3) is 0.125. The largest absolute Gasteiger partial charge is 0.467 e. The Morgan fingerprint density at radius 2 is 2.12 bits per heavy atom. The van der Waals surface area contributed by atoms with Gasteiger partial charge in [0.1, 0.15) is 5.76 Å². The Balaban J connectivity index is 1.44. The number of aromatic nitrogens is 2. The molecule has 9 heteroatoms. The third kappa shape index (κ3) is 5.07. The SMILES string of the molecule is N#Cc1ccc(NC(=O)CSc2nnc(NCc3ccco3)s2)cc1. The van der Waals surface area contributed by atoms with Crippen molar-refractivity contribution in [2.75, 3.05) is 16.4 Å². The maximum Gasteiger partial charge on any atom is 0.234 e. The van der Waals surface area contributed by atoms with Crippen LogP contribution in [0.1, 0.15) is 11.3 Å². The molecule has 0 atom stereocenters. The van der Waals surface area contributed by atoms with Crippen LogP contribution in [0.15, 0.2) is 51.4 Å². The molecule has 2 N–H and O–H groups in total. The zero-order valence-electron chi connectivity index (χ0n) is 12.9. The van der Waals surface area contributed by atoms with Gasteiger partial charge in [-0.25, -0.2) is 0 Å². The summed E-state index contributed by atoms with van der Waals surface area (Å²) in [4.78, 5) is 12.0. The average Bonchev–Trinajstić information content (AvgIpc) is 3.30. The van der Waals surface area contributed by atoms with E-state index in [-0.39, 0.29) is 11.7 Å². The molecule has 0 saturated heterocycles. The summed E-state index contributed by atoms with van der Waals surface area (Å²) >= 11 is 2.70. The lowest BCUT2D eigenvalue weighted by molar-refractivity contribution is -0.113. The number of rotatable bonds is 7. The van der Waals surface area contributed by atoms with Gasteiger partial charge in [0, 0.05) is 5.69 Å². The van der Waals surface area contributed by atoms with Gasteiger partial charge in [-0.2, -0.15) is 5.26 Å². The Kier molecular flexibility index (Phi) is 5.66. The van der Waals surface area contributed by atoms with Crippen LogP contribution in [0.5, 0.6) is 0 Å². The molecule has 7 nitrogen and oxygen atoms in total. The minimum Gasteiger partial charge on any atom is -0.467 e. The highest BCUT2D eigenvalue weighted by Crippen LogP contribution is 2.26. The number of furan rings is 1. The van der Waals surface area contributed by atoms with Crippen LogP contribution in [0, 0.1) is 11.3 Å². The van der Waals surface area contributed by atoms with Crippen molar-refractivity contribution in [1.29, 1.82) is 5.26 Å². The molecule has 0 fully saturated rings. The van der Waals surface area contributed by atoms with E-state index < -0.39 is 0 Å². The van der Waals surface area contributed by atoms with E-state index >= 15 is 0 Å². The Bertz CT molecular complexity index is 869. The number of benzene rings is 1. The van der Waals surface area contributed by atoms with Crippen LogP contribution in [0.4, 0.5) is 10.8 Å². The van der Waals surface area contributed by atoms with Gasteiger partial charge in [0.2, 0.25) is 11.0 Å². The summed E-state index contributed by atoms with van der Waals surface area (Å²) in [5.41, 5.74) is 1.21. The Hall–Kier alpha value is -2.83. The molecule has 1 aromatic carbocycles. The second-order valence-electron chi connectivity index (χ2n) is 4.83. The fourth-order valence-electron chi connectivity index (χ4n) is 1.87. The average molecular weight is 371 g/mol. The van der Waals surface area contributed by atoms with E-state index in [1.165, 1.54) is 23.1 Å². The highest BCUT2D eigenvalue weighted by molar-refractivity contribution is 8.01. The number of carbonyl (C=O) groups is 1. The first-order chi connectivity index (χ1) is 12.2. The Morgan fingerprint density at radius 1 is 1.28 bits per heavy atom. The second kappa shape index (κ2) is 8.32. The number of hydrogen-bond acceptors (Lipinski definition) is 8. The summed E-state index contributed by atoms with van der Waals surface area (Å²) in [6.45, 7) is 0.533. The van der Waals surface area contributed by atoms with Crippen molar-refractivity contribution in [2.24, 2.45) is 0 Å². The number of thioether (sulfide) groups is 1. The Labute approximate surface area is 152 Å². The molecule has 2 heterocycles. The van der Waals surface area contributed by atoms with E-state index in [0.29, 0.717) is 27.3 Å². The molecule has 0 aliphatic rings.